The Bertz CT molecular complexity index is 1150. The predicted octanol–water partition coefficient (Wildman–Crippen LogP) is 15.4. The second-order valence-corrected chi connectivity index (χ2v) is 21.5. The summed E-state index contributed by atoms with van der Waals surface area (Å²) in [5.74, 6) is -0.148. The Balaban J connectivity index is 2.15. The lowest BCUT2D eigenvalue weighted by atomic mass is 9.99. The normalized spacial score (nSPS) is 19.4. The number of nitrogens with one attached hydrogen (secondary N) is 1. The standard InChI is InChI=1S/C61H117NO8/c1-3-5-7-9-11-13-15-17-19-21-23-24-25-26-27-28-29-30-31-32-33-34-36-38-40-42-44-46-48-50-55(64)54(53-69-61-60(68)59(67)58(66)56(52-63)70-61)62-57(65)51-49-47-45-43-41-39-37-35-22-20-18-16-14-12-10-8-6-4-2/h14,16,20,22,54-56,58-61,63-64,66-68H,3-13,15,17-19,21,23-53H2,1-2H3,(H,62,65)/b16-14-,22-20-. The molecule has 0 aliphatic carbocycles. The van der Waals surface area contributed by atoms with Crippen molar-refractivity contribution in [2.75, 3.05) is 13.2 Å². The third kappa shape index (κ3) is 40.1. The van der Waals surface area contributed by atoms with Crippen LogP contribution in [0.4, 0.5) is 0 Å². The van der Waals surface area contributed by atoms with Crippen molar-refractivity contribution in [1.82, 2.24) is 5.32 Å². The van der Waals surface area contributed by atoms with Gasteiger partial charge >= 0.3 is 0 Å². The van der Waals surface area contributed by atoms with Gasteiger partial charge in [0.15, 0.2) is 6.29 Å². The summed E-state index contributed by atoms with van der Waals surface area (Å²) in [6.07, 6.45) is 57.9. The number of rotatable bonds is 53. The molecule has 0 bridgehead atoms. The molecule has 414 valence electrons. The smallest absolute Gasteiger partial charge is 0.220 e. The van der Waals surface area contributed by atoms with Crippen LogP contribution in [0.25, 0.3) is 0 Å². The van der Waals surface area contributed by atoms with Gasteiger partial charge in [0.05, 0.1) is 25.4 Å². The maximum absolute atomic E-state index is 13.1. The van der Waals surface area contributed by atoms with E-state index in [1.54, 1.807) is 0 Å². The molecule has 7 unspecified atom stereocenters. The van der Waals surface area contributed by atoms with Gasteiger partial charge in [-0.15, -0.1) is 0 Å². The van der Waals surface area contributed by atoms with Crippen LogP contribution >= 0.6 is 0 Å². The van der Waals surface area contributed by atoms with Crippen LogP contribution in [0.2, 0.25) is 0 Å². The van der Waals surface area contributed by atoms with E-state index in [1.165, 1.54) is 225 Å². The van der Waals surface area contributed by atoms with Gasteiger partial charge in [0, 0.05) is 6.42 Å². The summed E-state index contributed by atoms with van der Waals surface area (Å²) in [5.41, 5.74) is 0. The van der Waals surface area contributed by atoms with Crippen LogP contribution in [-0.4, -0.2) is 87.5 Å². The monoisotopic (exact) mass is 992 g/mol. The molecule has 1 heterocycles. The number of unbranched alkanes of at least 4 members (excludes halogenated alkanes) is 39. The fraction of sp³-hybridized carbons (Fsp3) is 0.918. The maximum Gasteiger partial charge on any atom is 0.220 e. The van der Waals surface area contributed by atoms with E-state index < -0.39 is 49.5 Å². The van der Waals surface area contributed by atoms with Gasteiger partial charge in [0.1, 0.15) is 24.4 Å². The van der Waals surface area contributed by atoms with Crippen LogP contribution in [0.15, 0.2) is 24.3 Å². The quantitative estimate of drug-likeness (QED) is 0.0261. The lowest BCUT2D eigenvalue weighted by Gasteiger charge is -2.40. The van der Waals surface area contributed by atoms with E-state index in [4.69, 9.17) is 9.47 Å². The summed E-state index contributed by atoms with van der Waals surface area (Å²) >= 11 is 0. The summed E-state index contributed by atoms with van der Waals surface area (Å²) in [6.45, 7) is 3.85. The first-order valence-electron chi connectivity index (χ1n) is 30.5. The Hall–Kier alpha value is -1.33. The van der Waals surface area contributed by atoms with E-state index in [2.05, 4.69) is 43.5 Å². The molecule has 1 aliphatic rings. The minimum Gasteiger partial charge on any atom is -0.394 e. The van der Waals surface area contributed by atoms with Gasteiger partial charge in [0.2, 0.25) is 5.91 Å². The average molecular weight is 993 g/mol. The number of amides is 1. The molecule has 0 radical (unpaired) electrons. The van der Waals surface area contributed by atoms with Crippen LogP contribution in [0, 0.1) is 0 Å². The Morgan fingerprint density at radius 3 is 1.24 bits per heavy atom. The average Bonchev–Trinajstić information content (AvgIpc) is 3.36. The molecule has 1 fully saturated rings. The molecule has 0 spiro atoms. The highest BCUT2D eigenvalue weighted by Crippen LogP contribution is 2.23. The molecule has 0 saturated carbocycles. The van der Waals surface area contributed by atoms with E-state index in [0.29, 0.717) is 12.8 Å². The van der Waals surface area contributed by atoms with Gasteiger partial charge < -0.3 is 40.3 Å². The third-order valence-electron chi connectivity index (χ3n) is 14.8. The van der Waals surface area contributed by atoms with Crippen molar-refractivity contribution in [3.05, 3.63) is 24.3 Å². The molecule has 9 heteroatoms. The molecular weight excluding hydrogens is 875 g/mol. The topological polar surface area (TPSA) is 149 Å². The third-order valence-corrected chi connectivity index (χ3v) is 14.8. The molecule has 0 aromatic heterocycles. The number of hydrogen-bond acceptors (Lipinski definition) is 8. The SMILES string of the molecule is CCCCCC/C=C\C/C=C\CCCCCCCCCC(=O)NC(COC1OC(CO)C(O)C(O)C1O)C(O)CCCCCCCCCCCCCCCCCCCCCCCCCCCCCCC. The van der Waals surface area contributed by atoms with Crippen LogP contribution in [0.3, 0.4) is 0 Å². The van der Waals surface area contributed by atoms with E-state index >= 15 is 0 Å². The number of ether oxygens (including phenoxy) is 2. The van der Waals surface area contributed by atoms with E-state index in [9.17, 15) is 30.3 Å². The van der Waals surface area contributed by atoms with E-state index in [0.717, 1.165) is 51.4 Å². The first-order valence-corrected chi connectivity index (χ1v) is 30.5. The maximum atomic E-state index is 13.1. The first kappa shape index (κ1) is 66.7. The zero-order valence-electron chi connectivity index (χ0n) is 46.0. The fourth-order valence-corrected chi connectivity index (χ4v) is 9.96. The summed E-state index contributed by atoms with van der Waals surface area (Å²) in [7, 11) is 0. The van der Waals surface area contributed by atoms with E-state index in [-0.39, 0.29) is 12.5 Å². The lowest BCUT2D eigenvalue weighted by Crippen LogP contribution is -2.60. The first-order chi connectivity index (χ1) is 34.3. The highest BCUT2D eigenvalue weighted by Gasteiger charge is 2.44. The molecule has 70 heavy (non-hydrogen) atoms. The number of aliphatic hydroxyl groups is 5. The summed E-state index contributed by atoms with van der Waals surface area (Å²) in [6, 6.07) is -0.723. The molecule has 0 aromatic rings. The van der Waals surface area contributed by atoms with Crippen LogP contribution in [0.5, 0.6) is 0 Å². The van der Waals surface area contributed by atoms with Crippen molar-refractivity contribution in [2.24, 2.45) is 0 Å². The molecular formula is C61H117NO8. The Morgan fingerprint density at radius 1 is 0.486 bits per heavy atom. The molecule has 6 N–H and O–H groups in total. The van der Waals surface area contributed by atoms with Crippen LogP contribution in [0.1, 0.15) is 303 Å². The number of aliphatic hydroxyl groups excluding tert-OH is 5. The second kappa shape index (κ2) is 51.2. The van der Waals surface area contributed by atoms with Gasteiger partial charge in [-0.2, -0.15) is 0 Å². The zero-order chi connectivity index (χ0) is 50.8. The largest absolute Gasteiger partial charge is 0.394 e. The minimum absolute atomic E-state index is 0.139. The van der Waals surface area contributed by atoms with Gasteiger partial charge in [-0.25, -0.2) is 0 Å². The highest BCUT2D eigenvalue weighted by atomic mass is 16.7. The Kier molecular flexibility index (Phi) is 48.7. The molecule has 1 saturated heterocycles. The van der Waals surface area contributed by atoms with Crippen molar-refractivity contribution in [2.45, 2.75) is 346 Å². The summed E-state index contributed by atoms with van der Waals surface area (Å²) < 4.78 is 11.3. The molecule has 1 aliphatic heterocycles. The number of allylic oxidation sites excluding steroid dienone is 4. The zero-order valence-corrected chi connectivity index (χ0v) is 46.0. The fourth-order valence-electron chi connectivity index (χ4n) is 9.96. The number of carbonyl (C=O) groups excluding carboxylic acids is 1. The Morgan fingerprint density at radius 2 is 0.843 bits per heavy atom. The summed E-state index contributed by atoms with van der Waals surface area (Å²) in [4.78, 5) is 13.1. The van der Waals surface area contributed by atoms with Gasteiger partial charge in [-0.05, 0) is 44.9 Å². The Labute approximate surface area is 432 Å². The van der Waals surface area contributed by atoms with Crippen molar-refractivity contribution < 1.29 is 39.8 Å². The number of carbonyl (C=O) groups is 1. The molecule has 1 amide bonds. The minimum atomic E-state index is -1.55. The van der Waals surface area contributed by atoms with Crippen molar-refractivity contribution in [3.63, 3.8) is 0 Å². The summed E-state index contributed by atoms with van der Waals surface area (Å²) in [5, 5.41) is 54.7. The second-order valence-electron chi connectivity index (χ2n) is 21.5. The van der Waals surface area contributed by atoms with Gasteiger partial charge in [-0.3, -0.25) is 4.79 Å². The van der Waals surface area contributed by atoms with Crippen molar-refractivity contribution >= 4 is 5.91 Å². The molecule has 7 atom stereocenters. The van der Waals surface area contributed by atoms with Crippen molar-refractivity contribution in [1.29, 1.82) is 0 Å². The van der Waals surface area contributed by atoms with Crippen LogP contribution < -0.4 is 5.32 Å². The molecule has 1 rings (SSSR count). The predicted molar refractivity (Wildman–Crippen MR) is 295 cm³/mol. The van der Waals surface area contributed by atoms with Gasteiger partial charge in [0.25, 0.3) is 0 Å². The van der Waals surface area contributed by atoms with Crippen molar-refractivity contribution in [3.8, 4) is 0 Å². The molecule has 9 nitrogen and oxygen atoms in total. The highest BCUT2D eigenvalue weighted by molar-refractivity contribution is 5.76. The van der Waals surface area contributed by atoms with E-state index in [1.807, 2.05) is 0 Å². The van der Waals surface area contributed by atoms with Gasteiger partial charge in [-0.1, -0.05) is 276 Å². The lowest BCUT2D eigenvalue weighted by molar-refractivity contribution is -0.302. The number of hydrogen-bond donors (Lipinski definition) is 6. The molecule has 0 aromatic carbocycles. The van der Waals surface area contributed by atoms with Crippen LogP contribution in [-0.2, 0) is 14.3 Å².